The van der Waals surface area contributed by atoms with Crippen LogP contribution in [0.5, 0.6) is 0 Å². The molecule has 0 aromatic rings. The molecule has 2 aliphatic carbocycles. The predicted octanol–water partition coefficient (Wildman–Crippen LogP) is 4.35. The van der Waals surface area contributed by atoms with E-state index in [0.29, 0.717) is 0 Å². The number of rotatable bonds is 4. The summed E-state index contributed by atoms with van der Waals surface area (Å²) in [5.41, 5.74) is 0. The van der Waals surface area contributed by atoms with Gasteiger partial charge in [-0.2, -0.15) is 0 Å². The van der Waals surface area contributed by atoms with Crippen LogP contribution in [-0.2, 0) is 0 Å². The summed E-state index contributed by atoms with van der Waals surface area (Å²) in [6.45, 7) is 9.75. The van der Waals surface area contributed by atoms with Crippen molar-refractivity contribution in [1.82, 2.24) is 0 Å². The predicted molar refractivity (Wildman–Crippen MR) is 62.1 cm³/mol. The van der Waals surface area contributed by atoms with E-state index in [-0.39, 0.29) is 0 Å². The molecule has 0 aromatic carbocycles. The Kier molecular flexibility index (Phi) is 2.91. The highest BCUT2D eigenvalue weighted by atomic mass is 14.5. The molecule has 5 atom stereocenters. The minimum atomic E-state index is 1.02. The fourth-order valence-electron chi connectivity index (χ4n) is 4.08. The Morgan fingerprint density at radius 2 is 1.57 bits per heavy atom. The normalized spacial score (nSPS) is 48.4. The van der Waals surface area contributed by atoms with Crippen molar-refractivity contribution >= 4 is 0 Å². The van der Waals surface area contributed by atoms with Gasteiger partial charge in [-0.15, -0.1) is 0 Å². The Bertz CT molecular complexity index is 188. The number of hydrogen-bond acceptors (Lipinski definition) is 0. The Hall–Kier alpha value is 0. The summed E-state index contributed by atoms with van der Waals surface area (Å²) in [7, 11) is 0. The van der Waals surface area contributed by atoms with Gasteiger partial charge in [0, 0.05) is 0 Å². The summed E-state index contributed by atoms with van der Waals surface area (Å²) in [5.74, 6) is 6.35. The first-order valence-electron chi connectivity index (χ1n) is 6.65. The van der Waals surface area contributed by atoms with Gasteiger partial charge in [0.2, 0.25) is 0 Å². The summed E-state index contributed by atoms with van der Waals surface area (Å²) < 4.78 is 0. The van der Waals surface area contributed by atoms with E-state index in [2.05, 4.69) is 27.7 Å². The lowest BCUT2D eigenvalue weighted by molar-refractivity contribution is 0.0251. The van der Waals surface area contributed by atoms with Crippen LogP contribution in [0.2, 0.25) is 0 Å². The molecule has 0 aliphatic heterocycles. The minimum Gasteiger partial charge on any atom is -0.0654 e. The molecule has 2 fully saturated rings. The molecule has 82 valence electrons. The third-order valence-corrected chi connectivity index (χ3v) is 4.90. The lowest BCUT2D eigenvalue weighted by Gasteiger charge is -2.46. The lowest BCUT2D eigenvalue weighted by atomic mass is 9.59. The van der Waals surface area contributed by atoms with Gasteiger partial charge >= 0.3 is 0 Å². The van der Waals surface area contributed by atoms with Gasteiger partial charge in [0.25, 0.3) is 0 Å². The van der Waals surface area contributed by atoms with Crippen molar-refractivity contribution in [3.05, 3.63) is 0 Å². The molecule has 2 aliphatic rings. The second-order valence-corrected chi connectivity index (χ2v) is 6.10. The van der Waals surface area contributed by atoms with Crippen LogP contribution in [0.4, 0.5) is 0 Å². The van der Waals surface area contributed by atoms with E-state index in [4.69, 9.17) is 0 Å². The van der Waals surface area contributed by atoms with E-state index in [0.717, 1.165) is 35.5 Å². The van der Waals surface area contributed by atoms with Gasteiger partial charge in [0.1, 0.15) is 0 Å². The van der Waals surface area contributed by atoms with Crippen molar-refractivity contribution in [2.75, 3.05) is 0 Å². The molecule has 0 heterocycles. The third kappa shape index (κ3) is 1.73. The molecule has 2 saturated carbocycles. The van der Waals surface area contributed by atoms with Gasteiger partial charge in [-0.05, 0) is 48.3 Å². The lowest BCUT2D eigenvalue weighted by Crippen LogP contribution is -2.39. The monoisotopic (exact) mass is 194 g/mol. The third-order valence-electron chi connectivity index (χ3n) is 4.90. The molecule has 0 radical (unpaired) electrons. The summed E-state index contributed by atoms with van der Waals surface area (Å²) in [6, 6.07) is 0. The first-order chi connectivity index (χ1) is 6.65. The van der Waals surface area contributed by atoms with Crippen LogP contribution in [0, 0.1) is 35.5 Å². The van der Waals surface area contributed by atoms with Crippen LogP contribution in [0.15, 0.2) is 0 Å². The highest BCUT2D eigenvalue weighted by Crippen LogP contribution is 2.56. The van der Waals surface area contributed by atoms with Crippen LogP contribution in [0.1, 0.15) is 53.4 Å². The van der Waals surface area contributed by atoms with Crippen molar-refractivity contribution in [2.45, 2.75) is 53.4 Å². The largest absolute Gasteiger partial charge is 0.0654 e. The molecule has 5 unspecified atom stereocenters. The average molecular weight is 194 g/mol. The zero-order chi connectivity index (χ0) is 10.3. The fourth-order valence-corrected chi connectivity index (χ4v) is 4.08. The standard InChI is InChI=1S/C14H26/c1-5-6-12(13-8-9(13)2)14-10(3)7-11(14)4/h9-14H,5-8H2,1-4H3. The van der Waals surface area contributed by atoms with Crippen molar-refractivity contribution < 1.29 is 0 Å². The van der Waals surface area contributed by atoms with Gasteiger partial charge in [0.05, 0.1) is 0 Å². The molecule has 2 rings (SSSR count). The summed E-state index contributed by atoms with van der Waals surface area (Å²) in [6.07, 6.45) is 5.91. The van der Waals surface area contributed by atoms with E-state index in [1.165, 1.54) is 25.7 Å². The molecule has 0 saturated heterocycles. The molecule has 0 amide bonds. The molecule has 0 aromatic heterocycles. The van der Waals surface area contributed by atoms with Gasteiger partial charge in [-0.25, -0.2) is 0 Å². The van der Waals surface area contributed by atoms with Crippen LogP contribution in [-0.4, -0.2) is 0 Å². The smallest absolute Gasteiger partial charge is 0.0331 e. The maximum absolute atomic E-state index is 2.47. The molecule has 0 spiro atoms. The molecule has 0 nitrogen and oxygen atoms in total. The second kappa shape index (κ2) is 3.87. The quantitative estimate of drug-likeness (QED) is 0.624. The topological polar surface area (TPSA) is 0 Å². The van der Waals surface area contributed by atoms with E-state index < -0.39 is 0 Å². The fraction of sp³-hybridized carbons (Fsp3) is 1.00. The maximum Gasteiger partial charge on any atom is -0.0331 e. The Labute approximate surface area is 89.5 Å². The average Bonchev–Trinajstić information content (AvgIpc) is 2.81. The molecule has 0 bridgehead atoms. The van der Waals surface area contributed by atoms with Crippen molar-refractivity contribution in [3.8, 4) is 0 Å². The molecule has 0 N–H and O–H groups in total. The minimum absolute atomic E-state index is 1.02. The van der Waals surface area contributed by atoms with Gasteiger partial charge in [0.15, 0.2) is 0 Å². The molecular weight excluding hydrogens is 168 g/mol. The summed E-state index contributed by atoms with van der Waals surface area (Å²) >= 11 is 0. The van der Waals surface area contributed by atoms with Crippen LogP contribution in [0.3, 0.4) is 0 Å². The molecule has 14 heavy (non-hydrogen) atoms. The number of hydrogen-bond donors (Lipinski definition) is 0. The van der Waals surface area contributed by atoms with Crippen LogP contribution in [0.25, 0.3) is 0 Å². The Morgan fingerprint density at radius 3 is 1.93 bits per heavy atom. The van der Waals surface area contributed by atoms with E-state index in [1.807, 2.05) is 0 Å². The first-order valence-corrected chi connectivity index (χ1v) is 6.65. The van der Waals surface area contributed by atoms with E-state index in [9.17, 15) is 0 Å². The molecule has 0 heteroatoms. The van der Waals surface area contributed by atoms with Gasteiger partial charge < -0.3 is 0 Å². The van der Waals surface area contributed by atoms with E-state index in [1.54, 1.807) is 0 Å². The van der Waals surface area contributed by atoms with E-state index >= 15 is 0 Å². The van der Waals surface area contributed by atoms with Crippen LogP contribution >= 0.6 is 0 Å². The maximum atomic E-state index is 2.47. The Balaban J connectivity index is 1.95. The van der Waals surface area contributed by atoms with Crippen molar-refractivity contribution in [3.63, 3.8) is 0 Å². The first kappa shape index (κ1) is 10.5. The van der Waals surface area contributed by atoms with Gasteiger partial charge in [-0.3, -0.25) is 0 Å². The summed E-state index contributed by atoms with van der Waals surface area (Å²) in [5, 5.41) is 0. The zero-order valence-corrected chi connectivity index (χ0v) is 10.3. The zero-order valence-electron chi connectivity index (χ0n) is 10.3. The molecular formula is C14H26. The van der Waals surface area contributed by atoms with Crippen LogP contribution < -0.4 is 0 Å². The second-order valence-electron chi connectivity index (χ2n) is 6.10. The van der Waals surface area contributed by atoms with Gasteiger partial charge in [-0.1, -0.05) is 40.5 Å². The SMILES string of the molecule is CCCC(C1CC1C)C1C(C)CC1C. The van der Waals surface area contributed by atoms with Crippen molar-refractivity contribution in [2.24, 2.45) is 35.5 Å². The summed E-state index contributed by atoms with van der Waals surface area (Å²) in [4.78, 5) is 0. The highest BCUT2D eigenvalue weighted by molar-refractivity contribution is 4.97. The van der Waals surface area contributed by atoms with Crippen molar-refractivity contribution in [1.29, 1.82) is 0 Å². The Morgan fingerprint density at radius 1 is 1.00 bits per heavy atom. The highest BCUT2D eigenvalue weighted by Gasteiger charge is 2.48.